The van der Waals surface area contributed by atoms with E-state index in [-0.39, 0.29) is 5.41 Å². The lowest BCUT2D eigenvalue weighted by atomic mass is 9.62. The maximum atomic E-state index is 9.04. The van der Waals surface area contributed by atoms with Crippen molar-refractivity contribution >= 4 is 11.8 Å². The summed E-state index contributed by atoms with van der Waals surface area (Å²) in [5, 5.41) is 9.04. The summed E-state index contributed by atoms with van der Waals surface area (Å²) in [6, 6.07) is 2.54. The second-order valence-corrected chi connectivity index (χ2v) is 4.83. The van der Waals surface area contributed by atoms with E-state index in [4.69, 9.17) is 5.26 Å². The van der Waals surface area contributed by atoms with Crippen LogP contribution in [0.4, 0.5) is 0 Å². The average molecular weight is 167 g/mol. The molecule has 1 nitrogen and oxygen atoms in total. The van der Waals surface area contributed by atoms with Crippen molar-refractivity contribution < 1.29 is 0 Å². The van der Waals surface area contributed by atoms with Crippen LogP contribution in [0, 0.1) is 22.7 Å². The maximum absolute atomic E-state index is 9.04. The van der Waals surface area contributed by atoms with E-state index in [1.807, 2.05) is 11.8 Å². The second-order valence-electron chi connectivity index (χ2n) is 3.68. The standard InChI is InChI=1S/C9H13NS/c10-7-9(3-1-4-9)8-2-5-11-6-8/h8H,1-6H2. The van der Waals surface area contributed by atoms with Crippen molar-refractivity contribution in [3.63, 3.8) is 0 Å². The first-order chi connectivity index (χ1) is 5.37. The molecule has 11 heavy (non-hydrogen) atoms. The Kier molecular flexibility index (Phi) is 1.85. The first kappa shape index (κ1) is 7.49. The highest BCUT2D eigenvalue weighted by Gasteiger charge is 2.45. The molecule has 0 aromatic heterocycles. The third-order valence-corrected chi connectivity index (χ3v) is 4.34. The number of nitrogens with zero attached hydrogens (tertiary/aromatic N) is 1. The zero-order valence-corrected chi connectivity index (χ0v) is 7.49. The average Bonchev–Trinajstić information content (AvgIpc) is 2.39. The summed E-state index contributed by atoms with van der Waals surface area (Å²) in [6.45, 7) is 0. The minimum Gasteiger partial charge on any atom is -0.198 e. The van der Waals surface area contributed by atoms with Crippen LogP contribution in [0.25, 0.3) is 0 Å². The molecule has 2 fully saturated rings. The predicted octanol–water partition coefficient (Wildman–Crippen LogP) is 2.43. The minimum absolute atomic E-state index is 0.128. The van der Waals surface area contributed by atoms with Crippen LogP contribution in [0.2, 0.25) is 0 Å². The number of hydrogen-bond acceptors (Lipinski definition) is 2. The van der Waals surface area contributed by atoms with Crippen LogP contribution in [0.5, 0.6) is 0 Å². The van der Waals surface area contributed by atoms with Crippen molar-refractivity contribution in [2.24, 2.45) is 11.3 Å². The van der Waals surface area contributed by atoms with Gasteiger partial charge in [0.25, 0.3) is 0 Å². The molecular weight excluding hydrogens is 154 g/mol. The van der Waals surface area contributed by atoms with E-state index in [1.165, 1.54) is 37.2 Å². The van der Waals surface area contributed by atoms with E-state index in [0.717, 1.165) is 5.92 Å². The smallest absolute Gasteiger partial charge is 0.0692 e. The second kappa shape index (κ2) is 2.71. The van der Waals surface area contributed by atoms with Crippen molar-refractivity contribution in [2.75, 3.05) is 11.5 Å². The van der Waals surface area contributed by atoms with Crippen LogP contribution in [0.3, 0.4) is 0 Å². The van der Waals surface area contributed by atoms with Gasteiger partial charge in [-0.25, -0.2) is 0 Å². The molecule has 0 amide bonds. The lowest BCUT2D eigenvalue weighted by Crippen LogP contribution is -2.35. The van der Waals surface area contributed by atoms with Gasteiger partial charge in [0, 0.05) is 0 Å². The largest absolute Gasteiger partial charge is 0.198 e. The SMILES string of the molecule is N#CC1(C2CCSC2)CCC1. The molecule has 0 N–H and O–H groups in total. The van der Waals surface area contributed by atoms with Crippen LogP contribution in [0.1, 0.15) is 25.7 Å². The first-order valence-corrected chi connectivity index (χ1v) is 5.52. The van der Waals surface area contributed by atoms with Crippen LogP contribution >= 0.6 is 11.8 Å². The lowest BCUT2D eigenvalue weighted by Gasteiger charge is -2.40. The number of hydrogen-bond donors (Lipinski definition) is 0. The predicted molar refractivity (Wildman–Crippen MR) is 47.3 cm³/mol. The Morgan fingerprint density at radius 3 is 2.64 bits per heavy atom. The molecule has 2 heteroatoms. The number of thioether (sulfide) groups is 1. The molecule has 60 valence electrons. The van der Waals surface area contributed by atoms with E-state index >= 15 is 0 Å². The fraction of sp³-hybridized carbons (Fsp3) is 0.889. The van der Waals surface area contributed by atoms with Gasteiger partial charge in [0.05, 0.1) is 11.5 Å². The molecule has 1 atom stereocenters. The summed E-state index contributed by atoms with van der Waals surface area (Å²) in [6.07, 6.45) is 4.93. The Labute approximate surface area is 72.2 Å². The van der Waals surface area contributed by atoms with E-state index < -0.39 is 0 Å². The summed E-state index contributed by atoms with van der Waals surface area (Å²) in [5.74, 6) is 3.26. The Balaban J connectivity index is 2.06. The summed E-state index contributed by atoms with van der Waals surface area (Å²) < 4.78 is 0. The molecule has 1 unspecified atom stereocenters. The van der Waals surface area contributed by atoms with Gasteiger partial charge in [-0.3, -0.25) is 0 Å². The quantitative estimate of drug-likeness (QED) is 0.599. The molecule has 0 radical (unpaired) electrons. The molecule has 0 bridgehead atoms. The zero-order valence-electron chi connectivity index (χ0n) is 6.68. The van der Waals surface area contributed by atoms with E-state index in [0.29, 0.717) is 0 Å². The third-order valence-electron chi connectivity index (χ3n) is 3.18. The van der Waals surface area contributed by atoms with Crippen molar-refractivity contribution in [3.8, 4) is 6.07 Å². The van der Waals surface area contributed by atoms with Gasteiger partial charge in [0.15, 0.2) is 0 Å². The van der Waals surface area contributed by atoms with Crippen LogP contribution < -0.4 is 0 Å². The van der Waals surface area contributed by atoms with Gasteiger partial charge in [-0.2, -0.15) is 17.0 Å². The highest BCUT2D eigenvalue weighted by atomic mass is 32.2. The fourth-order valence-electron chi connectivity index (χ4n) is 2.14. The number of rotatable bonds is 1. The Bertz CT molecular complexity index is 184. The van der Waals surface area contributed by atoms with Crippen molar-refractivity contribution in [2.45, 2.75) is 25.7 Å². The molecule has 0 aromatic carbocycles. The molecule has 1 heterocycles. The maximum Gasteiger partial charge on any atom is 0.0692 e. The highest BCUT2D eigenvalue weighted by molar-refractivity contribution is 7.99. The Morgan fingerprint density at radius 2 is 2.27 bits per heavy atom. The van der Waals surface area contributed by atoms with E-state index in [9.17, 15) is 0 Å². The topological polar surface area (TPSA) is 23.8 Å². The van der Waals surface area contributed by atoms with Crippen LogP contribution in [0.15, 0.2) is 0 Å². The normalized spacial score (nSPS) is 34.3. The molecule has 1 aliphatic heterocycles. The zero-order chi connectivity index (χ0) is 7.73. The Morgan fingerprint density at radius 1 is 1.45 bits per heavy atom. The van der Waals surface area contributed by atoms with Crippen molar-refractivity contribution in [1.82, 2.24) is 0 Å². The van der Waals surface area contributed by atoms with E-state index in [1.54, 1.807) is 0 Å². The van der Waals surface area contributed by atoms with Gasteiger partial charge in [-0.15, -0.1) is 0 Å². The van der Waals surface area contributed by atoms with Gasteiger partial charge in [-0.05, 0) is 36.7 Å². The molecule has 2 rings (SSSR count). The summed E-state index contributed by atoms with van der Waals surface area (Å²) in [7, 11) is 0. The van der Waals surface area contributed by atoms with E-state index in [2.05, 4.69) is 6.07 Å². The van der Waals surface area contributed by atoms with Gasteiger partial charge in [-0.1, -0.05) is 6.42 Å². The van der Waals surface area contributed by atoms with Gasteiger partial charge in [0.1, 0.15) is 0 Å². The van der Waals surface area contributed by atoms with Gasteiger partial charge >= 0.3 is 0 Å². The molecule has 0 spiro atoms. The molecule has 0 aromatic rings. The van der Waals surface area contributed by atoms with Gasteiger partial charge in [0.2, 0.25) is 0 Å². The number of nitriles is 1. The monoisotopic (exact) mass is 167 g/mol. The fourth-order valence-corrected chi connectivity index (χ4v) is 3.53. The van der Waals surface area contributed by atoms with Crippen LogP contribution in [-0.2, 0) is 0 Å². The Hall–Kier alpha value is -0.160. The molecule has 1 saturated heterocycles. The third kappa shape index (κ3) is 1.06. The van der Waals surface area contributed by atoms with Crippen molar-refractivity contribution in [3.05, 3.63) is 0 Å². The summed E-state index contributed by atoms with van der Waals surface area (Å²) in [5.41, 5.74) is 0.128. The van der Waals surface area contributed by atoms with Crippen LogP contribution in [-0.4, -0.2) is 11.5 Å². The summed E-state index contributed by atoms with van der Waals surface area (Å²) in [4.78, 5) is 0. The molecule has 1 saturated carbocycles. The summed E-state index contributed by atoms with van der Waals surface area (Å²) >= 11 is 2.02. The highest BCUT2D eigenvalue weighted by Crippen LogP contribution is 2.51. The minimum atomic E-state index is 0.128. The van der Waals surface area contributed by atoms with Crippen molar-refractivity contribution in [1.29, 1.82) is 5.26 Å². The van der Waals surface area contributed by atoms with Gasteiger partial charge < -0.3 is 0 Å². The molecule has 2 aliphatic rings. The first-order valence-electron chi connectivity index (χ1n) is 4.36. The lowest BCUT2D eigenvalue weighted by molar-refractivity contribution is 0.134. The molecular formula is C9H13NS. The molecule has 1 aliphatic carbocycles.